The molecule has 1 atom stereocenters. The highest BCUT2D eigenvalue weighted by atomic mass is 16.5. The number of likely N-dealkylation sites (N-methyl/N-ethyl adjacent to an activating group) is 1. The molecule has 2 aliphatic heterocycles. The van der Waals surface area contributed by atoms with E-state index in [2.05, 4.69) is 48.3 Å². The van der Waals surface area contributed by atoms with Crippen molar-refractivity contribution in [2.75, 3.05) is 20.1 Å². The van der Waals surface area contributed by atoms with Gasteiger partial charge in [-0.3, -0.25) is 14.5 Å². The number of hydrogen-bond acceptors (Lipinski definition) is 5. The van der Waals surface area contributed by atoms with Crippen LogP contribution in [0.1, 0.15) is 66.6 Å². The Kier molecular flexibility index (Phi) is 8.98. The molecule has 7 heteroatoms. The zero-order chi connectivity index (χ0) is 26.4. The number of carbonyl (C=O) groups is 3. The van der Waals surface area contributed by atoms with Crippen LogP contribution in [0.15, 0.2) is 42.5 Å². The number of nitrogens with one attached hydrogen (secondary N) is 1. The molecule has 2 aromatic rings. The molecular formula is C30H39N3O4. The van der Waals surface area contributed by atoms with Gasteiger partial charge in [0.15, 0.2) is 0 Å². The van der Waals surface area contributed by atoms with Crippen molar-refractivity contribution >= 4 is 18.1 Å². The molecule has 2 aliphatic rings. The Balaban J connectivity index is 1.40. The van der Waals surface area contributed by atoms with E-state index in [1.165, 1.54) is 18.4 Å². The number of nitrogens with zero attached hydrogens (tertiary/aromatic N) is 2. The van der Waals surface area contributed by atoms with Gasteiger partial charge in [0, 0.05) is 31.1 Å². The number of hydrogen-bond donors (Lipinski definition) is 1. The van der Waals surface area contributed by atoms with Crippen LogP contribution in [0.3, 0.4) is 0 Å². The van der Waals surface area contributed by atoms with Gasteiger partial charge < -0.3 is 19.7 Å². The van der Waals surface area contributed by atoms with Crippen molar-refractivity contribution in [1.82, 2.24) is 15.1 Å². The third-order valence-corrected chi connectivity index (χ3v) is 7.80. The smallest absolute Gasteiger partial charge is 0.255 e. The number of ether oxygens (including phenoxy) is 1. The van der Waals surface area contributed by atoms with Crippen molar-refractivity contribution < 1.29 is 19.1 Å². The van der Waals surface area contributed by atoms with E-state index in [4.69, 9.17) is 4.74 Å². The molecule has 1 N–H and O–H groups in total. The van der Waals surface area contributed by atoms with Gasteiger partial charge in [-0.15, -0.1) is 0 Å². The van der Waals surface area contributed by atoms with Crippen LogP contribution in [-0.4, -0.2) is 54.1 Å². The lowest BCUT2D eigenvalue weighted by molar-refractivity contribution is -0.125. The highest BCUT2D eigenvalue weighted by Gasteiger charge is 2.37. The maximum atomic E-state index is 13.1. The first-order valence-electron chi connectivity index (χ1n) is 13.4. The van der Waals surface area contributed by atoms with Crippen LogP contribution in [0.25, 0.3) is 0 Å². The van der Waals surface area contributed by atoms with Gasteiger partial charge in [0.2, 0.25) is 5.91 Å². The fourth-order valence-corrected chi connectivity index (χ4v) is 5.55. The predicted molar refractivity (Wildman–Crippen MR) is 143 cm³/mol. The summed E-state index contributed by atoms with van der Waals surface area (Å²) in [7, 11) is 1.54. The number of rotatable bonds is 11. The van der Waals surface area contributed by atoms with Gasteiger partial charge in [-0.1, -0.05) is 44.2 Å². The fourth-order valence-electron chi connectivity index (χ4n) is 5.55. The van der Waals surface area contributed by atoms with Gasteiger partial charge in [-0.05, 0) is 67.4 Å². The van der Waals surface area contributed by atoms with E-state index in [1.807, 2.05) is 12.1 Å². The van der Waals surface area contributed by atoms with Gasteiger partial charge in [-0.2, -0.15) is 0 Å². The van der Waals surface area contributed by atoms with E-state index >= 15 is 0 Å². The average molecular weight is 506 g/mol. The Labute approximate surface area is 220 Å². The molecule has 1 unspecified atom stereocenters. The molecule has 198 valence electrons. The Bertz CT molecular complexity index is 1110. The minimum atomic E-state index is -0.690. The molecule has 0 aliphatic carbocycles. The van der Waals surface area contributed by atoms with Crippen molar-refractivity contribution in [1.29, 1.82) is 0 Å². The molecule has 0 spiro atoms. The number of aldehydes is 1. The first-order chi connectivity index (χ1) is 17.9. The SMILES string of the molecule is CNC(=O)C(CCC=O)N1Cc2c(OCc3cccc(CN4CCC(C(C)C)CC4)c3)cccc2C1=O. The van der Waals surface area contributed by atoms with Crippen LogP contribution >= 0.6 is 0 Å². The molecule has 7 nitrogen and oxygen atoms in total. The second-order valence-electron chi connectivity index (χ2n) is 10.6. The summed E-state index contributed by atoms with van der Waals surface area (Å²) in [5.41, 5.74) is 3.71. The molecule has 2 heterocycles. The van der Waals surface area contributed by atoms with Crippen LogP contribution in [0.4, 0.5) is 0 Å². The summed E-state index contributed by atoms with van der Waals surface area (Å²) in [5.74, 6) is 1.78. The van der Waals surface area contributed by atoms with Crippen LogP contribution in [-0.2, 0) is 29.3 Å². The predicted octanol–water partition coefficient (Wildman–Crippen LogP) is 4.18. The maximum Gasteiger partial charge on any atom is 0.255 e. The highest BCUT2D eigenvalue weighted by Crippen LogP contribution is 2.33. The number of piperidine rings is 1. The van der Waals surface area contributed by atoms with E-state index < -0.39 is 6.04 Å². The molecular weight excluding hydrogens is 466 g/mol. The molecule has 1 fully saturated rings. The molecule has 4 rings (SSSR count). The van der Waals surface area contributed by atoms with Gasteiger partial charge in [0.1, 0.15) is 24.7 Å². The van der Waals surface area contributed by atoms with Crippen LogP contribution in [0.2, 0.25) is 0 Å². The lowest BCUT2D eigenvalue weighted by Crippen LogP contribution is -2.46. The topological polar surface area (TPSA) is 79.0 Å². The lowest BCUT2D eigenvalue weighted by Gasteiger charge is -2.33. The molecule has 2 amide bonds. The Morgan fingerprint density at radius 3 is 2.57 bits per heavy atom. The summed E-state index contributed by atoms with van der Waals surface area (Å²) in [6, 6.07) is 13.3. The summed E-state index contributed by atoms with van der Waals surface area (Å²) < 4.78 is 6.22. The van der Waals surface area contributed by atoms with Crippen LogP contribution in [0.5, 0.6) is 5.75 Å². The van der Waals surface area contributed by atoms with Gasteiger partial charge >= 0.3 is 0 Å². The molecule has 0 bridgehead atoms. The quantitative estimate of drug-likeness (QED) is 0.464. The molecule has 0 saturated carbocycles. The third kappa shape index (κ3) is 6.39. The normalized spacial score (nSPS) is 17.1. The number of carbonyl (C=O) groups excluding carboxylic acids is 3. The molecule has 37 heavy (non-hydrogen) atoms. The second kappa shape index (κ2) is 12.4. The number of benzene rings is 2. The first kappa shape index (κ1) is 26.9. The number of amides is 2. The van der Waals surface area contributed by atoms with Gasteiger partial charge in [0.25, 0.3) is 5.91 Å². The monoisotopic (exact) mass is 505 g/mol. The van der Waals surface area contributed by atoms with Crippen molar-refractivity contribution in [3.8, 4) is 5.75 Å². The summed E-state index contributed by atoms with van der Waals surface area (Å²) in [5, 5.41) is 2.62. The van der Waals surface area contributed by atoms with Gasteiger partial charge in [0.05, 0.1) is 6.54 Å². The van der Waals surface area contributed by atoms with Crippen molar-refractivity contribution in [2.24, 2.45) is 11.8 Å². The van der Waals surface area contributed by atoms with E-state index in [0.717, 1.165) is 48.9 Å². The summed E-state index contributed by atoms with van der Waals surface area (Å²) >= 11 is 0. The largest absolute Gasteiger partial charge is 0.489 e. The third-order valence-electron chi connectivity index (χ3n) is 7.80. The summed E-state index contributed by atoms with van der Waals surface area (Å²) in [6.45, 7) is 8.58. The van der Waals surface area contributed by atoms with E-state index in [-0.39, 0.29) is 24.8 Å². The first-order valence-corrected chi connectivity index (χ1v) is 13.4. The molecule has 0 radical (unpaired) electrons. The van der Waals surface area contributed by atoms with Crippen molar-refractivity contribution in [3.05, 3.63) is 64.7 Å². The maximum absolute atomic E-state index is 13.1. The summed E-state index contributed by atoms with van der Waals surface area (Å²) in [4.78, 5) is 40.6. The minimum Gasteiger partial charge on any atom is -0.489 e. The lowest BCUT2D eigenvalue weighted by atomic mass is 9.86. The Morgan fingerprint density at radius 2 is 1.86 bits per heavy atom. The average Bonchev–Trinajstić information content (AvgIpc) is 3.24. The second-order valence-corrected chi connectivity index (χ2v) is 10.6. The molecule has 1 saturated heterocycles. The fraction of sp³-hybridized carbons (Fsp3) is 0.500. The molecule has 2 aromatic carbocycles. The van der Waals surface area contributed by atoms with Crippen molar-refractivity contribution in [2.45, 2.75) is 65.3 Å². The number of fused-ring (bicyclic) bond motifs is 1. The van der Waals surface area contributed by atoms with Crippen LogP contribution < -0.4 is 10.1 Å². The summed E-state index contributed by atoms with van der Waals surface area (Å²) in [6.07, 6.45) is 3.82. The van der Waals surface area contributed by atoms with Crippen LogP contribution in [0, 0.1) is 11.8 Å². The zero-order valence-corrected chi connectivity index (χ0v) is 22.2. The van der Waals surface area contributed by atoms with Crippen molar-refractivity contribution in [3.63, 3.8) is 0 Å². The van der Waals surface area contributed by atoms with Gasteiger partial charge in [-0.25, -0.2) is 0 Å². The van der Waals surface area contributed by atoms with E-state index in [9.17, 15) is 14.4 Å². The highest BCUT2D eigenvalue weighted by molar-refractivity contribution is 6.01. The van der Waals surface area contributed by atoms with E-state index in [1.54, 1.807) is 18.0 Å². The minimum absolute atomic E-state index is 0.205. The number of likely N-dealkylation sites (tertiary alicyclic amines) is 1. The Morgan fingerprint density at radius 1 is 1.14 bits per heavy atom. The zero-order valence-electron chi connectivity index (χ0n) is 22.2. The Hall–Kier alpha value is -3.19. The molecule has 0 aromatic heterocycles. The van der Waals surface area contributed by atoms with E-state index in [0.29, 0.717) is 24.3 Å². The standard InChI is InChI=1S/C30H39N3O4/c1-21(2)24-12-14-32(15-13-24)18-22-7-4-8-23(17-22)20-37-28-11-5-9-25-26(28)19-33(30(25)36)27(10-6-16-34)29(35)31-3/h4-5,7-9,11,16-17,21,24,27H,6,10,12-15,18-20H2,1-3H3,(H,31,35).